The molecule has 0 aromatic carbocycles. The van der Waals surface area contributed by atoms with Gasteiger partial charge in [0.25, 0.3) is 0 Å². The van der Waals surface area contributed by atoms with Crippen LogP contribution in [-0.2, 0) is 33.9 Å². The third-order valence-electron chi connectivity index (χ3n) is 2.91. The van der Waals surface area contributed by atoms with Crippen LogP contribution in [0.5, 0.6) is 0 Å². The van der Waals surface area contributed by atoms with Crippen molar-refractivity contribution in [2.75, 3.05) is 5.75 Å². The maximum Gasteiger partial charge on any atom is 2.00 e. The maximum absolute atomic E-state index is 11.6. The number of carbonyl (C=O) groups is 3. The molecule has 0 aliphatic rings. The van der Waals surface area contributed by atoms with E-state index in [1.165, 1.54) is 0 Å². The Morgan fingerprint density at radius 1 is 1.00 bits per heavy atom. The number of aliphatic carboxylic acids is 2. The molecule has 2 atom stereocenters. The van der Waals surface area contributed by atoms with Crippen LogP contribution in [0.2, 0.25) is 0 Å². The van der Waals surface area contributed by atoms with Gasteiger partial charge in [-0.25, -0.2) is 0 Å². The molecule has 0 bridgehead atoms. The van der Waals surface area contributed by atoms with E-state index in [1.54, 1.807) is 0 Å². The molecule has 22 heavy (non-hydrogen) atoms. The minimum Gasteiger partial charge on any atom is -0.550 e. The number of hydrogen-bond acceptors (Lipinski definition) is 7. The van der Waals surface area contributed by atoms with Gasteiger partial charge >= 0.3 is 19.5 Å². The van der Waals surface area contributed by atoms with Crippen molar-refractivity contribution in [3.05, 3.63) is 0 Å². The molecule has 0 aromatic rings. The van der Waals surface area contributed by atoms with E-state index in [1.807, 2.05) is 0 Å². The van der Waals surface area contributed by atoms with Crippen molar-refractivity contribution in [1.29, 1.82) is 0 Å². The van der Waals surface area contributed by atoms with Crippen LogP contribution in [0.15, 0.2) is 0 Å². The van der Waals surface area contributed by atoms with Crippen LogP contribution in [0.3, 0.4) is 0 Å². The first-order valence-electron chi connectivity index (χ1n) is 6.85. The number of carboxylic acid groups (broad SMARTS) is 2. The van der Waals surface area contributed by atoms with Gasteiger partial charge in [0.2, 0.25) is 5.91 Å². The van der Waals surface area contributed by atoms with E-state index < -0.39 is 30.3 Å². The van der Waals surface area contributed by atoms with Crippen LogP contribution >= 0.6 is 25.3 Å². The van der Waals surface area contributed by atoms with Gasteiger partial charge in [-0.15, -0.1) is 0 Å². The molecule has 122 valence electrons. The molecule has 0 aliphatic carbocycles. The number of rotatable bonds is 12. The van der Waals surface area contributed by atoms with Gasteiger partial charge in [0.15, 0.2) is 0 Å². The van der Waals surface area contributed by atoms with Crippen molar-refractivity contribution >= 4 is 43.1 Å². The molecule has 0 radical (unpaired) electrons. The third kappa shape index (κ3) is 13.4. The molecule has 0 aromatic heterocycles. The van der Waals surface area contributed by atoms with Crippen LogP contribution in [0.25, 0.3) is 0 Å². The van der Waals surface area contributed by atoms with Crippen molar-refractivity contribution < 1.29 is 44.1 Å². The summed E-state index contributed by atoms with van der Waals surface area (Å²) in [5, 5.41) is 23.6. The van der Waals surface area contributed by atoms with Gasteiger partial charge in [0, 0.05) is 17.6 Å². The second-order valence-corrected chi connectivity index (χ2v) is 5.94. The summed E-state index contributed by atoms with van der Waals surface area (Å²) < 4.78 is 0. The number of unbranched alkanes of at least 4 members (excludes halogenated alkanes) is 1. The Hall–Kier alpha value is -0.267. The topological polar surface area (TPSA) is 109 Å². The molecule has 1 amide bonds. The summed E-state index contributed by atoms with van der Waals surface area (Å²) in [6.45, 7) is 0. The van der Waals surface area contributed by atoms with E-state index >= 15 is 0 Å². The predicted octanol–water partition coefficient (Wildman–Crippen LogP) is -1.07. The Kier molecular flexibility index (Phi) is 15.6. The Bertz CT molecular complexity index is 357. The SMILES string of the molecule is O=C([O-])CC[C@H](NC(=O)CCCCC(S)CCS)C(=O)[O-].[Zn+2]. The van der Waals surface area contributed by atoms with Crippen LogP contribution in [0.1, 0.15) is 44.9 Å². The number of hydrogen-bond donors (Lipinski definition) is 3. The van der Waals surface area contributed by atoms with Crippen LogP contribution in [-0.4, -0.2) is 34.9 Å². The summed E-state index contributed by atoms with van der Waals surface area (Å²) in [5.74, 6) is -2.51. The second kappa shape index (κ2) is 14.3. The first kappa shape index (κ1) is 24.0. The fourth-order valence-corrected chi connectivity index (χ4v) is 2.56. The Balaban J connectivity index is 0. The van der Waals surface area contributed by atoms with Gasteiger partial charge in [-0.3, -0.25) is 4.79 Å². The quantitative estimate of drug-likeness (QED) is 0.219. The molecule has 0 aliphatic heterocycles. The van der Waals surface area contributed by atoms with E-state index in [0.717, 1.165) is 25.0 Å². The van der Waals surface area contributed by atoms with Crippen LogP contribution in [0.4, 0.5) is 0 Å². The molecular formula is C13H21NO5S2Zn. The standard InChI is InChI=1S/C13H23NO5S2.Zn/c15-11(4-2-1-3-9(21)7-8-20)14-10(13(18)19)5-6-12(16)17;/h9-10,20-21H,1-8H2,(H,14,15)(H,16,17)(H,18,19);/q;+2/p-2/t9?,10-;/m0./s1. The maximum atomic E-state index is 11.6. The van der Waals surface area contributed by atoms with E-state index in [0.29, 0.717) is 6.42 Å². The Labute approximate surface area is 154 Å². The Morgan fingerprint density at radius 3 is 2.14 bits per heavy atom. The second-order valence-electron chi connectivity index (χ2n) is 4.76. The molecule has 9 heteroatoms. The molecule has 1 N–H and O–H groups in total. The zero-order valence-electron chi connectivity index (χ0n) is 12.5. The van der Waals surface area contributed by atoms with Crippen LogP contribution < -0.4 is 15.5 Å². The molecule has 0 saturated heterocycles. The number of nitrogens with one attached hydrogen (secondary N) is 1. The van der Waals surface area contributed by atoms with Crippen LogP contribution in [0, 0.1) is 0 Å². The summed E-state index contributed by atoms with van der Waals surface area (Å²) in [6, 6.07) is -1.29. The minimum absolute atomic E-state index is 0. The van der Waals surface area contributed by atoms with Crippen molar-refractivity contribution in [2.45, 2.75) is 56.2 Å². The fraction of sp³-hybridized carbons (Fsp3) is 0.769. The van der Waals surface area contributed by atoms with E-state index in [9.17, 15) is 24.6 Å². The smallest absolute Gasteiger partial charge is 0.550 e. The number of carboxylic acids is 2. The van der Waals surface area contributed by atoms with E-state index in [2.05, 4.69) is 30.6 Å². The Morgan fingerprint density at radius 2 is 1.64 bits per heavy atom. The van der Waals surface area contributed by atoms with Gasteiger partial charge in [-0.1, -0.05) is 6.42 Å². The summed E-state index contributed by atoms with van der Waals surface area (Å²) in [5.41, 5.74) is 0. The van der Waals surface area contributed by atoms with E-state index in [-0.39, 0.29) is 37.6 Å². The van der Waals surface area contributed by atoms with Gasteiger partial charge in [-0.2, -0.15) is 25.3 Å². The van der Waals surface area contributed by atoms with Gasteiger partial charge < -0.3 is 25.1 Å². The first-order chi connectivity index (χ1) is 9.86. The van der Waals surface area contributed by atoms with Crippen molar-refractivity contribution in [3.8, 4) is 0 Å². The number of thiol groups is 2. The van der Waals surface area contributed by atoms with Gasteiger partial charge in [0.1, 0.15) is 0 Å². The molecule has 0 fully saturated rings. The molecule has 0 spiro atoms. The zero-order chi connectivity index (χ0) is 16.3. The first-order valence-corrected chi connectivity index (χ1v) is 8.00. The van der Waals surface area contributed by atoms with Crippen molar-refractivity contribution in [3.63, 3.8) is 0 Å². The molecule has 0 heterocycles. The number of carbonyl (C=O) groups excluding carboxylic acids is 3. The summed E-state index contributed by atoms with van der Waals surface area (Å²) in [7, 11) is 0. The largest absolute Gasteiger partial charge is 2.00 e. The van der Waals surface area contributed by atoms with Crippen molar-refractivity contribution in [2.24, 2.45) is 0 Å². The monoisotopic (exact) mass is 399 g/mol. The average molecular weight is 401 g/mol. The van der Waals surface area contributed by atoms with Gasteiger partial charge in [0.05, 0.1) is 12.0 Å². The van der Waals surface area contributed by atoms with Crippen molar-refractivity contribution in [1.82, 2.24) is 5.32 Å². The average Bonchev–Trinajstić information content (AvgIpc) is 2.39. The molecule has 0 saturated carbocycles. The molecular weight excluding hydrogens is 380 g/mol. The molecule has 6 nitrogen and oxygen atoms in total. The fourth-order valence-electron chi connectivity index (χ4n) is 1.74. The molecule has 1 unspecified atom stereocenters. The summed E-state index contributed by atoms with van der Waals surface area (Å²) in [4.78, 5) is 32.6. The normalized spacial score (nSPS) is 12.8. The zero-order valence-corrected chi connectivity index (χ0v) is 17.2. The third-order valence-corrected chi connectivity index (χ3v) is 3.68. The number of amides is 1. The summed E-state index contributed by atoms with van der Waals surface area (Å²) in [6.07, 6.45) is 2.71. The molecule has 0 rings (SSSR count). The van der Waals surface area contributed by atoms with Gasteiger partial charge in [-0.05, 0) is 37.9 Å². The predicted molar refractivity (Wildman–Crippen MR) is 80.9 cm³/mol. The summed E-state index contributed by atoms with van der Waals surface area (Å²) >= 11 is 8.47. The minimum atomic E-state index is -1.49. The van der Waals surface area contributed by atoms with E-state index in [4.69, 9.17) is 0 Å².